The highest BCUT2D eigenvalue weighted by atomic mass is 32.1. The van der Waals surface area contributed by atoms with Crippen molar-refractivity contribution in [1.29, 1.82) is 0 Å². The summed E-state index contributed by atoms with van der Waals surface area (Å²) in [6.45, 7) is 6.96. The Balaban J connectivity index is 2.08. The third kappa shape index (κ3) is 8.82. The maximum atomic E-state index is 13.7. The Morgan fingerprint density at radius 2 is 1.91 bits per heavy atom. The van der Waals surface area contributed by atoms with Crippen LogP contribution in [-0.4, -0.2) is 72.3 Å². The molecule has 5 N–H and O–H groups in total. The third-order valence-corrected chi connectivity index (χ3v) is 8.15. The number of nitrogens with one attached hydrogen (secondary N) is 2. The molecule has 12 nitrogen and oxygen atoms in total. The highest BCUT2D eigenvalue weighted by Crippen LogP contribution is 2.30. The molecular formula is C31H40N4O8S. The van der Waals surface area contributed by atoms with Gasteiger partial charge < -0.3 is 35.7 Å². The van der Waals surface area contributed by atoms with Crippen LogP contribution in [-0.2, 0) is 28.6 Å². The van der Waals surface area contributed by atoms with E-state index in [0.29, 0.717) is 17.1 Å². The van der Waals surface area contributed by atoms with E-state index in [9.17, 15) is 24.3 Å². The normalized spacial score (nSPS) is 30.8. The predicted molar refractivity (Wildman–Crippen MR) is 165 cm³/mol. The molecule has 0 saturated carbocycles. The van der Waals surface area contributed by atoms with Gasteiger partial charge >= 0.3 is 6.09 Å². The van der Waals surface area contributed by atoms with Crippen LogP contribution in [0.15, 0.2) is 70.1 Å². The average Bonchev–Trinajstić information content (AvgIpc) is 3.49. The minimum Gasteiger partial charge on any atom is -0.439 e. The fourth-order valence-corrected chi connectivity index (χ4v) is 5.65. The maximum absolute atomic E-state index is 13.7. The molecule has 0 unspecified atom stereocenters. The van der Waals surface area contributed by atoms with Crippen molar-refractivity contribution in [3.63, 3.8) is 0 Å². The van der Waals surface area contributed by atoms with Gasteiger partial charge in [-0.15, -0.1) is 11.3 Å². The van der Waals surface area contributed by atoms with Gasteiger partial charge in [-0.1, -0.05) is 38.2 Å². The van der Waals surface area contributed by atoms with E-state index in [1.54, 1.807) is 50.6 Å². The molecule has 13 heteroatoms. The van der Waals surface area contributed by atoms with Crippen LogP contribution in [0.1, 0.15) is 40.5 Å². The van der Waals surface area contributed by atoms with E-state index in [-0.39, 0.29) is 34.9 Å². The van der Waals surface area contributed by atoms with E-state index in [4.69, 9.17) is 19.9 Å². The van der Waals surface area contributed by atoms with Crippen LogP contribution >= 0.6 is 11.3 Å². The van der Waals surface area contributed by atoms with Crippen molar-refractivity contribution in [2.45, 2.75) is 65.0 Å². The molecule has 0 fully saturated rings. The molecule has 2 heterocycles. The Kier molecular flexibility index (Phi) is 12.3. The van der Waals surface area contributed by atoms with Crippen molar-refractivity contribution < 1.29 is 38.5 Å². The van der Waals surface area contributed by atoms with Gasteiger partial charge in [-0.3, -0.25) is 14.4 Å². The summed E-state index contributed by atoms with van der Waals surface area (Å²) < 4.78 is 16.6. The summed E-state index contributed by atoms with van der Waals surface area (Å²) in [6, 6.07) is 0. The molecule has 0 aromatic carbocycles. The van der Waals surface area contributed by atoms with Crippen molar-refractivity contribution >= 4 is 40.0 Å². The summed E-state index contributed by atoms with van der Waals surface area (Å²) in [4.78, 5) is 56.0. The summed E-state index contributed by atoms with van der Waals surface area (Å²) in [7, 11) is 2.92. The van der Waals surface area contributed by atoms with Crippen molar-refractivity contribution in [1.82, 2.24) is 10.3 Å². The number of aliphatic hydroxyl groups is 1. The first-order valence-electron chi connectivity index (χ1n) is 14.1. The minimum absolute atomic E-state index is 0.0865. The van der Waals surface area contributed by atoms with Gasteiger partial charge in [0, 0.05) is 48.9 Å². The van der Waals surface area contributed by atoms with Crippen molar-refractivity contribution in [3.8, 4) is 0 Å². The van der Waals surface area contributed by atoms with Crippen LogP contribution < -0.4 is 16.4 Å². The number of methoxy groups -OCH3 is 2. The van der Waals surface area contributed by atoms with Gasteiger partial charge in [0.15, 0.2) is 11.2 Å². The number of nitrogens with zero attached hydrogens (tertiary/aromatic N) is 1. The van der Waals surface area contributed by atoms with Crippen LogP contribution in [0, 0.1) is 11.8 Å². The number of allylic oxidation sites excluding steroid dienone is 4. The zero-order valence-corrected chi connectivity index (χ0v) is 26.5. The molecular weight excluding hydrogens is 588 g/mol. The van der Waals surface area contributed by atoms with Crippen LogP contribution in [0.5, 0.6) is 0 Å². The molecule has 0 spiro atoms. The van der Waals surface area contributed by atoms with E-state index < -0.39 is 53.9 Å². The molecule has 6 atom stereocenters. The molecule has 3 rings (SSSR count). The lowest BCUT2D eigenvalue weighted by Gasteiger charge is -2.30. The summed E-state index contributed by atoms with van der Waals surface area (Å²) in [5.74, 6) is -2.26. The molecule has 1 aromatic heterocycles. The maximum Gasteiger partial charge on any atom is 0.405 e. The molecule has 0 saturated heterocycles. The number of ether oxygens (including phenoxy) is 3. The van der Waals surface area contributed by atoms with E-state index in [2.05, 4.69) is 15.6 Å². The van der Waals surface area contributed by atoms with Gasteiger partial charge in [0.05, 0.1) is 23.6 Å². The summed E-state index contributed by atoms with van der Waals surface area (Å²) in [5.41, 5.74) is 6.30. The number of thiazole rings is 1. The van der Waals surface area contributed by atoms with Gasteiger partial charge in [0.1, 0.15) is 6.10 Å². The number of nitrogens with two attached hydrogens (primary N) is 1. The number of Topliss-reactive ketones (excluding diaryl/α,β-unsaturated/α-hetero) is 1. The van der Waals surface area contributed by atoms with Gasteiger partial charge in [0.2, 0.25) is 11.6 Å². The summed E-state index contributed by atoms with van der Waals surface area (Å²) in [5, 5.41) is 19.0. The second-order valence-corrected chi connectivity index (χ2v) is 11.8. The van der Waals surface area contributed by atoms with Gasteiger partial charge in [-0.05, 0) is 38.2 Å². The fourth-order valence-electron chi connectivity index (χ4n) is 5.11. The highest BCUT2D eigenvalue weighted by molar-refractivity contribution is 7.13. The van der Waals surface area contributed by atoms with Gasteiger partial charge in [-0.25, -0.2) is 9.78 Å². The zero-order chi connectivity index (χ0) is 32.6. The number of carbonyl (C=O) groups is 4. The number of aliphatic hydroxyl groups excluding tert-OH is 1. The predicted octanol–water partition coefficient (Wildman–Crippen LogP) is 3.33. The van der Waals surface area contributed by atoms with Crippen LogP contribution in [0.2, 0.25) is 0 Å². The summed E-state index contributed by atoms with van der Waals surface area (Å²) in [6.07, 6.45) is 5.22. The Bertz CT molecular complexity index is 1390. The highest BCUT2D eigenvalue weighted by Gasteiger charge is 2.33. The Labute approximate surface area is 260 Å². The van der Waals surface area contributed by atoms with Crippen molar-refractivity contribution in [2.75, 3.05) is 19.5 Å². The molecule has 2 amide bonds. The quantitative estimate of drug-likeness (QED) is 0.279. The molecule has 1 aliphatic carbocycles. The third-order valence-electron chi connectivity index (χ3n) is 7.46. The number of ketones is 2. The molecule has 2 bridgehead atoms. The minimum atomic E-state index is -1.00. The Morgan fingerprint density at radius 3 is 2.52 bits per heavy atom. The number of hydrogen-bond acceptors (Lipinski definition) is 11. The smallest absolute Gasteiger partial charge is 0.405 e. The number of rotatable bonds is 5. The van der Waals surface area contributed by atoms with E-state index in [0.717, 1.165) is 6.08 Å². The van der Waals surface area contributed by atoms with Crippen LogP contribution in [0.25, 0.3) is 0 Å². The first kappa shape index (κ1) is 34.6. The number of primary amides is 1. The Morgan fingerprint density at radius 1 is 1.18 bits per heavy atom. The lowest BCUT2D eigenvalue weighted by Crippen LogP contribution is -2.37. The number of hydrogen-bond donors (Lipinski definition) is 4. The molecule has 0 radical (unpaired) electrons. The van der Waals surface area contributed by atoms with E-state index in [1.807, 2.05) is 6.92 Å². The van der Waals surface area contributed by atoms with Crippen molar-refractivity contribution in [3.05, 3.63) is 70.1 Å². The number of aromatic nitrogens is 1. The largest absolute Gasteiger partial charge is 0.439 e. The number of carbonyl (C=O) groups excluding carboxylic acids is 4. The molecule has 1 aliphatic heterocycles. The lowest BCUT2D eigenvalue weighted by atomic mass is 9.85. The Hall–Kier alpha value is -3.91. The van der Waals surface area contributed by atoms with Gasteiger partial charge in [0.25, 0.3) is 5.91 Å². The monoisotopic (exact) mass is 628 g/mol. The first-order valence-corrected chi connectivity index (χ1v) is 15.0. The van der Waals surface area contributed by atoms with Crippen LogP contribution in [0.3, 0.4) is 0 Å². The van der Waals surface area contributed by atoms with E-state index in [1.165, 1.54) is 31.6 Å². The molecule has 238 valence electrons. The second kappa shape index (κ2) is 15.7. The molecule has 44 heavy (non-hydrogen) atoms. The fraction of sp³-hybridized carbons (Fsp3) is 0.452. The standard InChI is InChI=1S/C31H40N4O8S/c1-16-12-20-25(35-31-33-10-11-44-31)22(36)15-21(27(20)38)34-29(39)17(2)8-7-9-23(41-5)28(43-30(32)40)19(4)14-18(3)26(37)24(13-16)42-6/h7-11,14-16,18,23-24,26,28,37H,12-13H2,1-6H3,(H2,32,40)(H,33,35)(H,34,39)/b9-7-,17-8+,19-14+/t16-,18+,23+,24+,26-,28-/m1/s1. The second-order valence-electron chi connectivity index (χ2n) is 10.9. The topological polar surface area (TPSA) is 179 Å². The van der Waals surface area contributed by atoms with E-state index >= 15 is 0 Å². The van der Waals surface area contributed by atoms with Gasteiger partial charge in [-0.2, -0.15) is 0 Å². The van der Waals surface area contributed by atoms with Crippen LogP contribution in [0.4, 0.5) is 9.93 Å². The number of anilines is 1. The SMILES string of the molecule is CO[C@H]1/C=C\C=C(/C)C(=O)NC2=CC(=O)C(Nc3nccs3)=C(C[C@@H](C)C[C@H](OC)[C@H](O)[C@@H](C)/C=C(\C)[C@H]1OC(N)=O)C2=O. The van der Waals surface area contributed by atoms with Crippen molar-refractivity contribution in [2.24, 2.45) is 17.6 Å². The molecule has 2 aliphatic rings. The first-order chi connectivity index (χ1) is 20.9. The number of fused-ring (bicyclic) bond motifs is 2. The lowest BCUT2D eigenvalue weighted by molar-refractivity contribution is -0.120. The zero-order valence-electron chi connectivity index (χ0n) is 25.7. The number of amides is 2. The average molecular weight is 629 g/mol. The molecule has 1 aromatic rings. The summed E-state index contributed by atoms with van der Waals surface area (Å²) >= 11 is 1.27.